The van der Waals surface area contributed by atoms with E-state index in [4.69, 9.17) is 9.47 Å². The number of allylic oxidation sites excluding steroid dienone is 1. The first-order valence-corrected chi connectivity index (χ1v) is 20.8. The molecule has 3 heterocycles. The predicted molar refractivity (Wildman–Crippen MR) is 203 cm³/mol. The van der Waals surface area contributed by atoms with Gasteiger partial charge in [-0.25, -0.2) is 22.4 Å². The summed E-state index contributed by atoms with van der Waals surface area (Å²) in [7, 11) is -2.39. The van der Waals surface area contributed by atoms with Gasteiger partial charge in [0.1, 0.15) is 35.1 Å². The van der Waals surface area contributed by atoms with Crippen LogP contribution in [0.15, 0.2) is 43.0 Å². The highest BCUT2D eigenvalue weighted by molar-refractivity contribution is 7.91. The van der Waals surface area contributed by atoms with Gasteiger partial charge in [-0.1, -0.05) is 30.9 Å². The van der Waals surface area contributed by atoms with Crippen LogP contribution in [0.5, 0.6) is 0 Å². The van der Waals surface area contributed by atoms with Gasteiger partial charge in [0.25, 0.3) is 5.91 Å². The highest BCUT2D eigenvalue weighted by atomic mass is 32.2. The minimum Gasteiger partial charge on any atom is -0.444 e. The van der Waals surface area contributed by atoms with E-state index in [1.165, 1.54) is 26.8 Å². The molecule has 57 heavy (non-hydrogen) atoms. The van der Waals surface area contributed by atoms with E-state index in [1.807, 2.05) is 6.08 Å². The number of benzene rings is 1. The zero-order chi connectivity index (χ0) is 41.4. The summed E-state index contributed by atoms with van der Waals surface area (Å²) in [5, 5.41) is 4.70. The van der Waals surface area contributed by atoms with Gasteiger partial charge < -0.3 is 29.9 Å². The Bertz CT molecular complexity index is 1970. The van der Waals surface area contributed by atoms with E-state index in [0.29, 0.717) is 36.8 Å². The minimum atomic E-state index is -3.99. The van der Waals surface area contributed by atoms with E-state index in [2.05, 4.69) is 21.9 Å². The van der Waals surface area contributed by atoms with Crippen LogP contribution in [0.25, 0.3) is 0 Å². The molecule has 6 rings (SSSR count). The summed E-state index contributed by atoms with van der Waals surface area (Å²) in [4.78, 5) is 86.1. The molecule has 1 aromatic carbocycles. The second kappa shape index (κ2) is 16.1. The number of carbonyl (C=O) groups is 6. The van der Waals surface area contributed by atoms with Crippen molar-refractivity contribution in [2.45, 2.75) is 126 Å². The van der Waals surface area contributed by atoms with Crippen LogP contribution in [-0.4, -0.2) is 113 Å². The average Bonchev–Trinajstić information content (AvgIpc) is 4.02. The number of alkyl carbamates (subject to hydrolysis) is 1. The summed E-state index contributed by atoms with van der Waals surface area (Å²) in [6.45, 7) is 8.33. The molecule has 310 valence electrons. The molecule has 0 spiro atoms. The van der Waals surface area contributed by atoms with Crippen LogP contribution >= 0.6 is 0 Å². The Balaban J connectivity index is 1.31. The Morgan fingerprint density at radius 3 is 2.49 bits per heavy atom. The van der Waals surface area contributed by atoms with E-state index >= 15 is 0 Å². The maximum absolute atomic E-state index is 14.6. The lowest BCUT2D eigenvalue weighted by molar-refractivity contribution is -0.141. The number of nitrogens with one attached hydrogen (secondary N) is 3. The van der Waals surface area contributed by atoms with Crippen LogP contribution in [0, 0.1) is 11.7 Å². The van der Waals surface area contributed by atoms with Crippen LogP contribution < -0.4 is 15.4 Å². The van der Waals surface area contributed by atoms with E-state index in [9.17, 15) is 41.6 Å². The van der Waals surface area contributed by atoms with Crippen molar-refractivity contribution in [3.8, 4) is 0 Å². The number of rotatable bonds is 7. The fourth-order valence-corrected chi connectivity index (χ4v) is 9.10. The number of nitrogens with zero attached hydrogens (tertiary/aromatic N) is 3. The summed E-state index contributed by atoms with van der Waals surface area (Å²) < 4.78 is 53.7. The van der Waals surface area contributed by atoms with Crippen LogP contribution in [0.1, 0.15) is 83.3 Å². The third-order valence-electron chi connectivity index (χ3n) is 11.1. The van der Waals surface area contributed by atoms with Gasteiger partial charge >= 0.3 is 12.2 Å². The number of carbonyl (C=O) groups excluding carboxylic acids is 6. The number of hydrogen-bond acceptors (Lipinski definition) is 10. The van der Waals surface area contributed by atoms with Crippen molar-refractivity contribution in [3.05, 3.63) is 60.0 Å². The molecular weight excluding hydrogens is 764 g/mol. The lowest BCUT2D eigenvalue weighted by Crippen LogP contribution is -2.58. The van der Waals surface area contributed by atoms with Crippen LogP contribution in [0.2, 0.25) is 0 Å². The molecule has 1 unspecified atom stereocenters. The molecule has 3 N–H and O–H groups in total. The Kier molecular flexibility index (Phi) is 11.8. The third kappa shape index (κ3) is 9.42. The summed E-state index contributed by atoms with van der Waals surface area (Å²) in [5.41, 5.74) is -1.60. The lowest BCUT2D eigenvalue weighted by Gasteiger charge is -2.32. The van der Waals surface area contributed by atoms with Crippen molar-refractivity contribution in [2.24, 2.45) is 5.92 Å². The number of hydrogen-bond donors (Lipinski definition) is 3. The predicted octanol–water partition coefficient (Wildman–Crippen LogP) is 2.77. The topological polar surface area (TPSA) is 201 Å². The van der Waals surface area contributed by atoms with Crippen molar-refractivity contribution in [2.75, 3.05) is 13.6 Å². The molecule has 6 amide bonds. The van der Waals surface area contributed by atoms with Gasteiger partial charge in [0, 0.05) is 37.5 Å². The number of likely N-dealkylation sites (N-methyl/N-ethyl adjacent to an activating group) is 1. The summed E-state index contributed by atoms with van der Waals surface area (Å²) in [5.74, 6) is -3.81. The van der Waals surface area contributed by atoms with Crippen molar-refractivity contribution >= 4 is 45.8 Å². The molecule has 0 bridgehead atoms. The molecule has 1 aromatic rings. The molecule has 3 fully saturated rings. The first-order chi connectivity index (χ1) is 26.8. The quantitative estimate of drug-likeness (QED) is 0.272. The number of amides is 6. The van der Waals surface area contributed by atoms with Crippen molar-refractivity contribution in [3.63, 3.8) is 0 Å². The molecule has 3 aliphatic heterocycles. The maximum Gasteiger partial charge on any atom is 0.410 e. The van der Waals surface area contributed by atoms with Gasteiger partial charge in [-0.15, -0.1) is 0 Å². The SMILES string of the molecule is C=CC(=O)N(C)C1CC/C=C\[C@H]2C[C@@]2(C(=O)NS(=O)(=O)C2CC2)NC(=O)[C@@H]2C[C@@H](OC(=O)N3Cc4cccc(F)c4C3)CN2C(=O)[C@@H](NC(=O)OC(C)(C)C)CC1. The minimum absolute atomic E-state index is 0.0160. The first-order valence-electron chi connectivity index (χ1n) is 19.3. The second-order valence-corrected chi connectivity index (χ2v) is 18.5. The smallest absolute Gasteiger partial charge is 0.410 e. The Labute approximate surface area is 331 Å². The van der Waals surface area contributed by atoms with Gasteiger partial charge in [-0.2, -0.15) is 0 Å². The largest absolute Gasteiger partial charge is 0.444 e. The second-order valence-electron chi connectivity index (χ2n) is 16.5. The van der Waals surface area contributed by atoms with Crippen LogP contribution in [0.4, 0.5) is 14.0 Å². The summed E-state index contributed by atoms with van der Waals surface area (Å²) in [6, 6.07) is 1.51. The molecule has 0 radical (unpaired) electrons. The molecular formula is C39H51FN6O10S. The Morgan fingerprint density at radius 2 is 1.82 bits per heavy atom. The third-order valence-corrected chi connectivity index (χ3v) is 13.0. The number of ether oxygens (including phenoxy) is 2. The zero-order valence-electron chi connectivity index (χ0n) is 32.6. The van der Waals surface area contributed by atoms with Crippen LogP contribution in [-0.2, 0) is 51.8 Å². The van der Waals surface area contributed by atoms with Crippen molar-refractivity contribution in [1.82, 2.24) is 30.1 Å². The molecule has 16 nitrogen and oxygen atoms in total. The highest BCUT2D eigenvalue weighted by Gasteiger charge is 2.62. The monoisotopic (exact) mass is 814 g/mol. The van der Waals surface area contributed by atoms with Gasteiger partial charge in [0.2, 0.25) is 27.7 Å². The number of halogens is 1. The molecule has 1 saturated heterocycles. The van der Waals surface area contributed by atoms with Gasteiger partial charge in [-0.3, -0.25) is 28.8 Å². The van der Waals surface area contributed by atoms with Gasteiger partial charge in [0.05, 0.1) is 18.3 Å². The number of sulfonamides is 1. The average molecular weight is 815 g/mol. The fourth-order valence-electron chi connectivity index (χ4n) is 7.74. The normalized spacial score (nSPS) is 28.3. The lowest BCUT2D eigenvalue weighted by atomic mass is 9.99. The highest BCUT2D eigenvalue weighted by Crippen LogP contribution is 2.46. The molecule has 6 atom stereocenters. The standard InChI is InChI=1S/C39H51FN6O10S/c1-6-32(47)44(5)25-12-8-7-11-24-19-39(24,35(50)43-57(53,54)27-15-16-27)42-33(48)31-18-26(55-37(52)45-20-23-10-9-13-29(40)28(23)22-45)21-46(31)34(49)30(17-14-25)41-36(51)56-38(2,3)4/h6-7,9-11,13,24-27,30-31H,1,8,12,14-22H2,2-5H3,(H,41,51)(H,42,48)(H,43,50)/b11-7-/t24-,25?,26+,30-,31-,39+/m0/s1. The van der Waals surface area contributed by atoms with Gasteiger partial charge in [0.15, 0.2) is 0 Å². The molecule has 2 aliphatic carbocycles. The van der Waals surface area contributed by atoms with E-state index in [1.54, 1.807) is 46.0 Å². The van der Waals surface area contributed by atoms with Crippen molar-refractivity contribution < 1.29 is 51.0 Å². The summed E-state index contributed by atoms with van der Waals surface area (Å²) in [6.07, 6.45) is 3.79. The van der Waals surface area contributed by atoms with E-state index in [-0.39, 0.29) is 51.2 Å². The Morgan fingerprint density at radius 1 is 1.09 bits per heavy atom. The molecule has 5 aliphatic rings. The van der Waals surface area contributed by atoms with Crippen molar-refractivity contribution in [1.29, 1.82) is 0 Å². The molecule has 18 heteroatoms. The Hall–Kier alpha value is -5.00. The molecule has 0 aromatic heterocycles. The maximum atomic E-state index is 14.6. The number of fused-ring (bicyclic) bond motifs is 3. The van der Waals surface area contributed by atoms with E-state index < -0.39 is 92.3 Å². The first kappa shape index (κ1) is 41.6. The van der Waals surface area contributed by atoms with Crippen LogP contribution in [0.3, 0.4) is 0 Å². The zero-order valence-corrected chi connectivity index (χ0v) is 33.4. The van der Waals surface area contributed by atoms with Gasteiger partial charge in [-0.05, 0) is 83.4 Å². The summed E-state index contributed by atoms with van der Waals surface area (Å²) >= 11 is 0. The fraction of sp³-hybridized carbons (Fsp3) is 0.590. The van der Waals surface area contributed by atoms with E-state index in [0.717, 1.165) is 0 Å². The molecule has 2 saturated carbocycles.